The zero-order chi connectivity index (χ0) is 14.3. The molecule has 1 aliphatic rings. The maximum Gasteiger partial charge on any atom is 0.250 e. The monoisotopic (exact) mass is 271 g/mol. The zero-order valence-corrected chi connectivity index (χ0v) is 10.8. The molecule has 0 radical (unpaired) electrons. The minimum Gasteiger partial charge on any atom is -0.398 e. The van der Waals surface area contributed by atoms with Gasteiger partial charge in [0.1, 0.15) is 5.82 Å². The minimum atomic E-state index is -0.567. The molecule has 1 aliphatic heterocycles. The van der Waals surface area contributed by atoms with E-state index in [9.17, 15) is 9.18 Å². The van der Waals surface area contributed by atoms with Gasteiger partial charge in [-0.05, 0) is 42.3 Å². The van der Waals surface area contributed by atoms with E-state index in [4.69, 9.17) is 11.5 Å². The van der Waals surface area contributed by atoms with Crippen molar-refractivity contribution in [1.82, 2.24) is 0 Å². The molecule has 2 aromatic carbocycles. The molecule has 20 heavy (non-hydrogen) atoms. The van der Waals surface area contributed by atoms with Crippen LogP contribution in [-0.4, -0.2) is 12.5 Å². The summed E-state index contributed by atoms with van der Waals surface area (Å²) >= 11 is 0. The standard InChI is InChI=1S/C15H14FN3O/c16-10-2-1-9-5-6-19(14(9)7-10)11-3-4-13(17)12(8-11)15(18)20/h1-4,7-8H,5-6,17H2,(H2,18,20). The molecule has 0 aliphatic carbocycles. The third-order valence-electron chi connectivity index (χ3n) is 3.56. The number of primary amides is 1. The molecule has 1 heterocycles. The molecule has 2 aromatic rings. The van der Waals surface area contributed by atoms with Gasteiger partial charge < -0.3 is 16.4 Å². The van der Waals surface area contributed by atoms with Crippen LogP contribution < -0.4 is 16.4 Å². The molecule has 0 unspecified atom stereocenters. The summed E-state index contributed by atoms with van der Waals surface area (Å²) < 4.78 is 13.4. The highest BCUT2D eigenvalue weighted by Gasteiger charge is 2.22. The second kappa shape index (κ2) is 4.52. The average molecular weight is 271 g/mol. The van der Waals surface area contributed by atoms with E-state index < -0.39 is 5.91 Å². The summed E-state index contributed by atoms with van der Waals surface area (Å²) in [5.74, 6) is -0.843. The van der Waals surface area contributed by atoms with Gasteiger partial charge in [-0.25, -0.2) is 4.39 Å². The number of anilines is 3. The van der Waals surface area contributed by atoms with Crippen molar-refractivity contribution in [2.24, 2.45) is 5.73 Å². The number of hydrogen-bond donors (Lipinski definition) is 2. The lowest BCUT2D eigenvalue weighted by atomic mass is 10.1. The number of amides is 1. The van der Waals surface area contributed by atoms with Gasteiger partial charge in [0.25, 0.3) is 5.91 Å². The summed E-state index contributed by atoms with van der Waals surface area (Å²) in [6.45, 7) is 0.737. The zero-order valence-electron chi connectivity index (χ0n) is 10.8. The van der Waals surface area contributed by atoms with E-state index in [1.54, 1.807) is 18.2 Å². The number of nitrogens with two attached hydrogens (primary N) is 2. The van der Waals surface area contributed by atoms with E-state index in [1.807, 2.05) is 11.0 Å². The van der Waals surface area contributed by atoms with Crippen LogP contribution in [0.1, 0.15) is 15.9 Å². The van der Waals surface area contributed by atoms with E-state index in [0.29, 0.717) is 5.69 Å². The van der Waals surface area contributed by atoms with Gasteiger partial charge in [-0.1, -0.05) is 6.07 Å². The van der Waals surface area contributed by atoms with Crippen LogP contribution in [0.2, 0.25) is 0 Å². The van der Waals surface area contributed by atoms with E-state index >= 15 is 0 Å². The van der Waals surface area contributed by atoms with Crippen LogP contribution in [-0.2, 0) is 6.42 Å². The fourth-order valence-corrected chi connectivity index (χ4v) is 2.55. The summed E-state index contributed by atoms with van der Waals surface area (Å²) in [4.78, 5) is 13.3. The second-order valence-corrected chi connectivity index (χ2v) is 4.81. The summed E-state index contributed by atoms with van der Waals surface area (Å²) in [7, 11) is 0. The van der Waals surface area contributed by atoms with Crippen LogP contribution in [0.25, 0.3) is 0 Å². The molecule has 5 heteroatoms. The first kappa shape index (κ1) is 12.5. The maximum absolute atomic E-state index is 13.4. The number of rotatable bonds is 2. The molecular weight excluding hydrogens is 257 g/mol. The quantitative estimate of drug-likeness (QED) is 0.822. The van der Waals surface area contributed by atoms with Crippen molar-refractivity contribution in [2.75, 3.05) is 17.2 Å². The molecule has 0 aromatic heterocycles. The Balaban J connectivity index is 2.06. The molecule has 0 bridgehead atoms. The van der Waals surface area contributed by atoms with Crippen LogP contribution in [0.4, 0.5) is 21.5 Å². The number of halogens is 1. The Morgan fingerprint density at radius 2 is 2.00 bits per heavy atom. The molecule has 3 rings (SSSR count). The van der Waals surface area contributed by atoms with Gasteiger partial charge in [0.05, 0.1) is 5.56 Å². The van der Waals surface area contributed by atoms with Crippen LogP contribution in [0.15, 0.2) is 36.4 Å². The number of nitrogen functional groups attached to an aromatic ring is 1. The van der Waals surface area contributed by atoms with Gasteiger partial charge in [-0.15, -0.1) is 0 Å². The predicted molar refractivity (Wildman–Crippen MR) is 76.5 cm³/mol. The topological polar surface area (TPSA) is 72.4 Å². The Kier molecular flexibility index (Phi) is 2.82. The van der Waals surface area contributed by atoms with Crippen LogP contribution >= 0.6 is 0 Å². The van der Waals surface area contributed by atoms with Crippen molar-refractivity contribution >= 4 is 23.0 Å². The highest BCUT2D eigenvalue weighted by Crippen LogP contribution is 2.35. The molecule has 4 N–H and O–H groups in total. The van der Waals surface area contributed by atoms with Crippen LogP contribution in [0.3, 0.4) is 0 Å². The molecule has 4 nitrogen and oxygen atoms in total. The summed E-state index contributed by atoms with van der Waals surface area (Å²) in [5, 5.41) is 0. The fourth-order valence-electron chi connectivity index (χ4n) is 2.55. The highest BCUT2D eigenvalue weighted by atomic mass is 19.1. The third kappa shape index (κ3) is 1.97. The minimum absolute atomic E-state index is 0.277. The van der Waals surface area contributed by atoms with Gasteiger partial charge in [0.2, 0.25) is 0 Å². The number of fused-ring (bicyclic) bond motifs is 1. The first-order chi connectivity index (χ1) is 9.56. The first-order valence-corrected chi connectivity index (χ1v) is 6.31. The summed E-state index contributed by atoms with van der Waals surface area (Å²) in [5.41, 5.74) is 14.4. The Bertz CT molecular complexity index is 700. The lowest BCUT2D eigenvalue weighted by Crippen LogP contribution is -2.17. The van der Waals surface area contributed by atoms with Crippen molar-refractivity contribution in [3.05, 3.63) is 53.3 Å². The Morgan fingerprint density at radius 1 is 1.20 bits per heavy atom. The molecule has 0 saturated heterocycles. The fraction of sp³-hybridized carbons (Fsp3) is 0.133. The largest absolute Gasteiger partial charge is 0.398 e. The van der Waals surface area contributed by atoms with Gasteiger partial charge in [-0.2, -0.15) is 0 Å². The van der Waals surface area contributed by atoms with Crippen molar-refractivity contribution in [2.45, 2.75) is 6.42 Å². The van der Waals surface area contributed by atoms with E-state index in [0.717, 1.165) is 29.9 Å². The number of benzene rings is 2. The second-order valence-electron chi connectivity index (χ2n) is 4.81. The highest BCUT2D eigenvalue weighted by molar-refractivity contribution is 5.99. The molecule has 0 atom stereocenters. The van der Waals surface area contributed by atoms with Crippen LogP contribution in [0, 0.1) is 5.82 Å². The van der Waals surface area contributed by atoms with Gasteiger partial charge >= 0.3 is 0 Å². The van der Waals surface area contributed by atoms with E-state index in [2.05, 4.69) is 0 Å². The Hall–Kier alpha value is -2.56. The van der Waals surface area contributed by atoms with Crippen molar-refractivity contribution in [1.29, 1.82) is 0 Å². The van der Waals surface area contributed by atoms with Crippen molar-refractivity contribution in [3.63, 3.8) is 0 Å². The van der Waals surface area contributed by atoms with Gasteiger partial charge in [-0.3, -0.25) is 4.79 Å². The predicted octanol–water partition coefficient (Wildman–Crippen LogP) is 2.20. The van der Waals surface area contributed by atoms with Gasteiger partial charge in [0, 0.05) is 23.6 Å². The molecule has 0 spiro atoms. The SMILES string of the molecule is NC(=O)c1cc(N2CCc3ccc(F)cc32)ccc1N. The number of carbonyl (C=O) groups excluding carboxylic acids is 1. The van der Waals surface area contributed by atoms with E-state index in [-0.39, 0.29) is 11.4 Å². The Morgan fingerprint density at radius 3 is 2.75 bits per heavy atom. The summed E-state index contributed by atoms with van der Waals surface area (Å²) in [6.07, 6.45) is 0.839. The average Bonchev–Trinajstić information content (AvgIpc) is 2.82. The number of carbonyl (C=O) groups is 1. The number of nitrogens with zero attached hydrogens (tertiary/aromatic N) is 1. The van der Waals surface area contributed by atoms with Gasteiger partial charge in [0.15, 0.2) is 0 Å². The summed E-state index contributed by atoms with van der Waals surface area (Å²) in [6, 6.07) is 9.85. The smallest absolute Gasteiger partial charge is 0.250 e. The molecule has 0 saturated carbocycles. The lowest BCUT2D eigenvalue weighted by molar-refractivity contribution is 0.100. The number of hydrogen-bond acceptors (Lipinski definition) is 3. The van der Waals surface area contributed by atoms with Crippen molar-refractivity contribution < 1.29 is 9.18 Å². The van der Waals surface area contributed by atoms with Crippen LogP contribution in [0.5, 0.6) is 0 Å². The Labute approximate surface area is 115 Å². The molecular formula is C15H14FN3O. The first-order valence-electron chi connectivity index (χ1n) is 6.31. The van der Waals surface area contributed by atoms with Crippen molar-refractivity contribution in [3.8, 4) is 0 Å². The molecule has 0 fully saturated rings. The molecule has 102 valence electrons. The lowest BCUT2D eigenvalue weighted by Gasteiger charge is -2.20. The maximum atomic E-state index is 13.4. The normalized spacial score (nSPS) is 13.3. The molecule has 1 amide bonds. The van der Waals surface area contributed by atoms with E-state index in [1.165, 1.54) is 12.1 Å². The third-order valence-corrected chi connectivity index (χ3v) is 3.56.